The second kappa shape index (κ2) is 5.48. The highest BCUT2D eigenvalue weighted by atomic mass is 32.1. The fraction of sp³-hybridized carbons (Fsp3) is 0.583. The molecule has 98 valence electrons. The average molecular weight is 268 g/mol. The molecule has 0 aromatic carbocycles. The summed E-state index contributed by atoms with van der Waals surface area (Å²) in [5.41, 5.74) is 0.864. The zero-order valence-electron chi connectivity index (χ0n) is 10.3. The van der Waals surface area contributed by atoms with Gasteiger partial charge >= 0.3 is 5.97 Å². The van der Waals surface area contributed by atoms with Gasteiger partial charge in [0, 0.05) is 18.3 Å². The van der Waals surface area contributed by atoms with Crippen LogP contribution in [0.1, 0.15) is 30.5 Å². The third-order valence-electron chi connectivity index (χ3n) is 2.98. The fourth-order valence-electron chi connectivity index (χ4n) is 2.04. The van der Waals surface area contributed by atoms with Gasteiger partial charge < -0.3 is 10.0 Å². The minimum atomic E-state index is -0.893. The smallest absolute Gasteiger partial charge is 0.308 e. The minimum Gasteiger partial charge on any atom is -0.481 e. The Morgan fingerprint density at radius 1 is 1.67 bits per heavy atom. The molecular formula is C12H16N2O3S. The topological polar surface area (TPSA) is 70.5 Å². The van der Waals surface area contributed by atoms with Gasteiger partial charge in [0.2, 0.25) is 5.91 Å². The number of hydrogen-bond acceptors (Lipinski definition) is 4. The number of carboxylic acid groups (broad SMARTS) is 1. The molecule has 0 spiro atoms. The molecule has 0 radical (unpaired) electrons. The van der Waals surface area contributed by atoms with Crippen molar-refractivity contribution in [1.29, 1.82) is 0 Å². The maximum atomic E-state index is 11.7. The first-order chi connectivity index (χ1) is 8.60. The number of rotatable bonds is 5. The summed E-state index contributed by atoms with van der Waals surface area (Å²) >= 11 is 1.60. The highest BCUT2D eigenvalue weighted by Gasteiger charge is 2.34. The molecule has 1 amide bonds. The van der Waals surface area contributed by atoms with Gasteiger partial charge in [-0.25, -0.2) is 4.98 Å². The Morgan fingerprint density at radius 2 is 2.44 bits per heavy atom. The van der Waals surface area contributed by atoms with Crippen LogP contribution in [0.25, 0.3) is 0 Å². The van der Waals surface area contributed by atoms with Gasteiger partial charge in [-0.3, -0.25) is 9.59 Å². The molecule has 2 rings (SSSR count). The molecule has 1 fully saturated rings. The first kappa shape index (κ1) is 13.0. The quantitative estimate of drug-likeness (QED) is 0.879. The van der Waals surface area contributed by atoms with Crippen LogP contribution >= 0.6 is 11.3 Å². The average Bonchev–Trinajstić information content (AvgIpc) is 2.88. The number of aromatic nitrogens is 1. The monoisotopic (exact) mass is 268 g/mol. The summed E-state index contributed by atoms with van der Waals surface area (Å²) in [6.07, 6.45) is 2.12. The van der Waals surface area contributed by atoms with Gasteiger partial charge in [-0.15, -0.1) is 11.3 Å². The molecule has 0 saturated carbocycles. The van der Waals surface area contributed by atoms with Crippen molar-refractivity contribution in [3.05, 3.63) is 16.1 Å². The van der Waals surface area contributed by atoms with Crippen LogP contribution in [0.5, 0.6) is 0 Å². The van der Waals surface area contributed by atoms with E-state index in [0.717, 1.165) is 23.5 Å². The van der Waals surface area contributed by atoms with Gasteiger partial charge in [0.15, 0.2) is 0 Å². The van der Waals surface area contributed by atoms with Crippen LogP contribution in [-0.2, 0) is 22.6 Å². The molecule has 18 heavy (non-hydrogen) atoms. The predicted octanol–water partition coefficient (Wildman–Crippen LogP) is 1.53. The van der Waals surface area contributed by atoms with Gasteiger partial charge in [0.25, 0.3) is 0 Å². The number of aliphatic carboxylic acids is 1. The molecule has 1 N–H and O–H groups in total. The molecule has 1 saturated heterocycles. The van der Waals surface area contributed by atoms with Gasteiger partial charge in [-0.05, 0) is 12.8 Å². The Bertz CT molecular complexity index is 458. The standard InChI is InChI=1S/C12H16N2O3S/c1-2-3-10-13-9(7-18-10)6-14-5-8(12(16)17)4-11(14)15/h7-8H,2-6H2,1H3,(H,16,17). The van der Waals surface area contributed by atoms with Crippen molar-refractivity contribution in [2.75, 3.05) is 6.54 Å². The van der Waals surface area contributed by atoms with Gasteiger partial charge in [-0.2, -0.15) is 0 Å². The van der Waals surface area contributed by atoms with Crippen molar-refractivity contribution < 1.29 is 14.7 Å². The van der Waals surface area contributed by atoms with Crippen molar-refractivity contribution in [3.63, 3.8) is 0 Å². The van der Waals surface area contributed by atoms with E-state index >= 15 is 0 Å². The first-order valence-electron chi connectivity index (χ1n) is 6.04. The van der Waals surface area contributed by atoms with E-state index in [-0.39, 0.29) is 12.3 Å². The Labute approximate surface area is 109 Å². The Balaban J connectivity index is 1.96. The Morgan fingerprint density at radius 3 is 3.06 bits per heavy atom. The lowest BCUT2D eigenvalue weighted by atomic mass is 10.1. The van der Waals surface area contributed by atoms with Crippen LogP contribution in [0.15, 0.2) is 5.38 Å². The number of carboxylic acids is 1. The molecule has 0 bridgehead atoms. The maximum Gasteiger partial charge on any atom is 0.308 e. The van der Waals surface area contributed by atoms with E-state index in [1.54, 1.807) is 16.2 Å². The summed E-state index contributed by atoms with van der Waals surface area (Å²) in [5, 5.41) is 11.9. The van der Waals surface area contributed by atoms with E-state index in [0.29, 0.717) is 13.1 Å². The van der Waals surface area contributed by atoms with E-state index in [1.165, 1.54) is 0 Å². The van der Waals surface area contributed by atoms with Crippen molar-refractivity contribution in [2.45, 2.75) is 32.7 Å². The molecule has 1 aromatic rings. The highest BCUT2D eigenvalue weighted by Crippen LogP contribution is 2.21. The van der Waals surface area contributed by atoms with E-state index in [2.05, 4.69) is 11.9 Å². The van der Waals surface area contributed by atoms with Crippen LogP contribution in [0.2, 0.25) is 0 Å². The SMILES string of the molecule is CCCc1nc(CN2CC(C(=O)O)CC2=O)cs1. The molecule has 6 heteroatoms. The van der Waals surface area contributed by atoms with Gasteiger partial charge in [-0.1, -0.05) is 6.92 Å². The van der Waals surface area contributed by atoms with Gasteiger partial charge in [0.05, 0.1) is 23.2 Å². The Hall–Kier alpha value is -1.43. The molecular weight excluding hydrogens is 252 g/mol. The number of amides is 1. The molecule has 1 aliphatic heterocycles. The van der Waals surface area contributed by atoms with Crippen LogP contribution in [0, 0.1) is 5.92 Å². The molecule has 1 atom stereocenters. The number of carbonyl (C=O) groups is 2. The number of hydrogen-bond donors (Lipinski definition) is 1. The zero-order chi connectivity index (χ0) is 13.1. The number of carbonyl (C=O) groups excluding carboxylic acids is 1. The largest absolute Gasteiger partial charge is 0.481 e. The summed E-state index contributed by atoms with van der Waals surface area (Å²) in [7, 11) is 0. The highest BCUT2D eigenvalue weighted by molar-refractivity contribution is 7.09. The van der Waals surface area contributed by atoms with E-state index in [1.807, 2.05) is 5.38 Å². The first-order valence-corrected chi connectivity index (χ1v) is 6.92. The molecule has 1 aliphatic rings. The van der Waals surface area contributed by atoms with Crippen molar-refractivity contribution >= 4 is 23.2 Å². The van der Waals surface area contributed by atoms with Crippen LogP contribution in [-0.4, -0.2) is 33.4 Å². The number of thiazole rings is 1. The normalized spacial score (nSPS) is 19.5. The van der Waals surface area contributed by atoms with E-state index in [9.17, 15) is 9.59 Å². The third-order valence-corrected chi connectivity index (χ3v) is 3.94. The second-order valence-corrected chi connectivity index (χ2v) is 5.44. The van der Waals surface area contributed by atoms with Crippen molar-refractivity contribution in [3.8, 4) is 0 Å². The Kier molecular flexibility index (Phi) is 3.96. The van der Waals surface area contributed by atoms with Crippen LogP contribution < -0.4 is 0 Å². The third kappa shape index (κ3) is 2.87. The summed E-state index contributed by atoms with van der Waals surface area (Å²) in [6, 6.07) is 0. The number of aryl methyl sites for hydroxylation is 1. The van der Waals surface area contributed by atoms with Crippen molar-refractivity contribution in [2.24, 2.45) is 5.92 Å². The summed E-state index contributed by atoms with van der Waals surface area (Å²) in [4.78, 5) is 28.5. The lowest BCUT2D eigenvalue weighted by molar-refractivity contribution is -0.141. The van der Waals surface area contributed by atoms with Gasteiger partial charge in [0.1, 0.15) is 0 Å². The number of likely N-dealkylation sites (tertiary alicyclic amines) is 1. The lowest BCUT2D eigenvalue weighted by Gasteiger charge is -2.13. The summed E-state index contributed by atoms with van der Waals surface area (Å²) in [5.74, 6) is -1.55. The fourth-order valence-corrected chi connectivity index (χ4v) is 2.93. The molecule has 2 heterocycles. The zero-order valence-corrected chi connectivity index (χ0v) is 11.1. The maximum absolute atomic E-state index is 11.7. The van der Waals surface area contributed by atoms with Crippen LogP contribution in [0.3, 0.4) is 0 Å². The second-order valence-electron chi connectivity index (χ2n) is 4.50. The molecule has 1 aromatic heterocycles. The van der Waals surface area contributed by atoms with Crippen molar-refractivity contribution in [1.82, 2.24) is 9.88 Å². The molecule has 5 nitrogen and oxygen atoms in total. The van der Waals surface area contributed by atoms with E-state index in [4.69, 9.17) is 5.11 Å². The minimum absolute atomic E-state index is 0.0903. The lowest BCUT2D eigenvalue weighted by Crippen LogP contribution is -2.25. The predicted molar refractivity (Wildman–Crippen MR) is 67.3 cm³/mol. The summed E-state index contributed by atoms with van der Waals surface area (Å²) < 4.78 is 0. The molecule has 0 aliphatic carbocycles. The molecule has 1 unspecified atom stereocenters. The summed E-state index contributed by atoms with van der Waals surface area (Å²) in [6.45, 7) is 2.83. The van der Waals surface area contributed by atoms with E-state index < -0.39 is 11.9 Å². The van der Waals surface area contributed by atoms with Crippen LogP contribution in [0.4, 0.5) is 0 Å². The number of nitrogens with zero attached hydrogens (tertiary/aromatic N) is 2.